The molecule has 0 unspecified atom stereocenters. The van der Waals surface area contributed by atoms with Crippen LogP contribution < -0.4 is 10.6 Å². The molecule has 6 heteroatoms. The Morgan fingerprint density at radius 2 is 2.18 bits per heavy atom. The molecule has 0 radical (unpaired) electrons. The van der Waals surface area contributed by atoms with E-state index < -0.39 is 0 Å². The summed E-state index contributed by atoms with van der Waals surface area (Å²) in [6.45, 7) is 11.5. The maximum atomic E-state index is 5.57. The van der Waals surface area contributed by atoms with Crippen LogP contribution >= 0.6 is 0 Å². The highest BCUT2D eigenvalue weighted by Crippen LogP contribution is 1.93. The Balaban J connectivity index is 2.12. The van der Waals surface area contributed by atoms with Gasteiger partial charge in [0.1, 0.15) is 0 Å². The van der Waals surface area contributed by atoms with Gasteiger partial charge in [-0.1, -0.05) is 13.8 Å². The molecule has 0 aliphatic rings. The first kappa shape index (κ1) is 18.5. The standard InChI is InChI=1S/C16H31N5O/c1-4-18-16(20-8-6-12-22-13-15(2)3)19-7-5-10-21-11-9-17-14-21/h9,11,14-15H,4-8,10,12-13H2,1-3H3,(H2,18,19,20). The number of nitrogens with zero attached hydrogens (tertiary/aromatic N) is 3. The lowest BCUT2D eigenvalue weighted by Crippen LogP contribution is -2.38. The molecule has 0 saturated heterocycles. The van der Waals surface area contributed by atoms with Gasteiger partial charge in [0.15, 0.2) is 5.96 Å². The van der Waals surface area contributed by atoms with E-state index in [0.29, 0.717) is 5.92 Å². The van der Waals surface area contributed by atoms with Crippen LogP contribution in [0.2, 0.25) is 0 Å². The normalized spacial score (nSPS) is 11.9. The monoisotopic (exact) mass is 309 g/mol. The van der Waals surface area contributed by atoms with E-state index in [4.69, 9.17) is 4.74 Å². The van der Waals surface area contributed by atoms with Crippen LogP contribution in [0.3, 0.4) is 0 Å². The number of aliphatic imine (C=N–C) groups is 1. The van der Waals surface area contributed by atoms with Crippen molar-refractivity contribution in [3.05, 3.63) is 18.7 Å². The fraction of sp³-hybridized carbons (Fsp3) is 0.750. The van der Waals surface area contributed by atoms with Gasteiger partial charge in [-0.05, 0) is 25.7 Å². The Morgan fingerprint density at radius 1 is 1.32 bits per heavy atom. The van der Waals surface area contributed by atoms with Crippen LogP contribution in [0.25, 0.3) is 0 Å². The molecule has 22 heavy (non-hydrogen) atoms. The zero-order valence-electron chi connectivity index (χ0n) is 14.2. The predicted octanol–water partition coefficient (Wildman–Crippen LogP) is 1.89. The van der Waals surface area contributed by atoms with Crippen LogP contribution in [0, 0.1) is 5.92 Å². The first-order chi connectivity index (χ1) is 10.7. The average Bonchev–Trinajstić information content (AvgIpc) is 3.00. The van der Waals surface area contributed by atoms with Crippen molar-refractivity contribution in [3.8, 4) is 0 Å². The van der Waals surface area contributed by atoms with Gasteiger partial charge in [0, 0.05) is 51.8 Å². The molecule has 1 heterocycles. The Bertz CT molecular complexity index is 389. The van der Waals surface area contributed by atoms with Crippen molar-refractivity contribution in [2.24, 2.45) is 10.9 Å². The Hall–Kier alpha value is -1.56. The van der Waals surface area contributed by atoms with Crippen molar-refractivity contribution in [1.29, 1.82) is 0 Å². The molecule has 0 atom stereocenters. The highest BCUT2D eigenvalue weighted by Gasteiger charge is 1.98. The van der Waals surface area contributed by atoms with Crippen LogP contribution in [-0.4, -0.2) is 48.4 Å². The molecule has 0 saturated carbocycles. The largest absolute Gasteiger partial charge is 0.381 e. The van der Waals surface area contributed by atoms with Crippen LogP contribution in [-0.2, 0) is 11.3 Å². The van der Waals surface area contributed by atoms with E-state index in [1.807, 2.05) is 12.5 Å². The molecular weight excluding hydrogens is 278 g/mol. The third kappa shape index (κ3) is 9.39. The summed E-state index contributed by atoms with van der Waals surface area (Å²) in [6.07, 6.45) is 7.61. The lowest BCUT2D eigenvalue weighted by Gasteiger charge is -2.12. The summed E-state index contributed by atoms with van der Waals surface area (Å²) in [5.74, 6) is 1.49. The van der Waals surface area contributed by atoms with Gasteiger partial charge in [-0.3, -0.25) is 4.99 Å². The molecule has 0 aliphatic carbocycles. The molecule has 2 N–H and O–H groups in total. The van der Waals surface area contributed by atoms with Crippen molar-refractivity contribution >= 4 is 5.96 Å². The zero-order valence-corrected chi connectivity index (χ0v) is 14.2. The van der Waals surface area contributed by atoms with Crippen molar-refractivity contribution in [2.45, 2.75) is 40.2 Å². The molecule has 0 bridgehead atoms. The lowest BCUT2D eigenvalue weighted by atomic mass is 10.2. The summed E-state index contributed by atoms with van der Waals surface area (Å²) < 4.78 is 7.64. The van der Waals surface area contributed by atoms with Gasteiger partial charge in [0.2, 0.25) is 0 Å². The van der Waals surface area contributed by atoms with Gasteiger partial charge in [-0.25, -0.2) is 4.98 Å². The second kappa shape index (κ2) is 12.0. The number of hydrogen-bond donors (Lipinski definition) is 2. The number of imidazole rings is 1. The van der Waals surface area contributed by atoms with Crippen molar-refractivity contribution in [2.75, 3.05) is 32.8 Å². The van der Waals surface area contributed by atoms with E-state index in [1.54, 1.807) is 6.20 Å². The topological polar surface area (TPSA) is 63.5 Å². The molecule has 0 fully saturated rings. The second-order valence-electron chi connectivity index (χ2n) is 5.66. The van der Waals surface area contributed by atoms with E-state index in [1.165, 1.54) is 0 Å². The van der Waals surface area contributed by atoms with Crippen LogP contribution in [0.15, 0.2) is 23.7 Å². The summed E-state index contributed by atoms with van der Waals surface area (Å²) >= 11 is 0. The summed E-state index contributed by atoms with van der Waals surface area (Å²) in [4.78, 5) is 8.61. The minimum Gasteiger partial charge on any atom is -0.381 e. The third-order valence-electron chi connectivity index (χ3n) is 2.96. The number of nitrogens with one attached hydrogen (secondary N) is 2. The predicted molar refractivity (Wildman–Crippen MR) is 91.1 cm³/mol. The van der Waals surface area contributed by atoms with E-state index in [-0.39, 0.29) is 0 Å². The maximum absolute atomic E-state index is 5.57. The molecule has 0 amide bonds. The van der Waals surface area contributed by atoms with Crippen LogP contribution in [0.4, 0.5) is 0 Å². The van der Waals surface area contributed by atoms with Crippen LogP contribution in [0.1, 0.15) is 33.6 Å². The molecule has 6 nitrogen and oxygen atoms in total. The number of aromatic nitrogens is 2. The quantitative estimate of drug-likeness (QED) is 0.372. The van der Waals surface area contributed by atoms with E-state index in [2.05, 4.69) is 45.9 Å². The number of ether oxygens (including phenoxy) is 1. The first-order valence-electron chi connectivity index (χ1n) is 8.28. The summed E-state index contributed by atoms with van der Waals surface area (Å²) in [5.41, 5.74) is 0. The smallest absolute Gasteiger partial charge is 0.191 e. The molecule has 126 valence electrons. The van der Waals surface area contributed by atoms with Gasteiger partial charge in [-0.15, -0.1) is 0 Å². The number of aryl methyl sites for hydroxylation is 1. The van der Waals surface area contributed by atoms with Gasteiger partial charge in [0.25, 0.3) is 0 Å². The summed E-state index contributed by atoms with van der Waals surface area (Å²) in [5, 5.41) is 6.61. The second-order valence-corrected chi connectivity index (χ2v) is 5.66. The summed E-state index contributed by atoms with van der Waals surface area (Å²) in [6, 6.07) is 0. The molecule has 1 rings (SSSR count). The van der Waals surface area contributed by atoms with E-state index in [0.717, 1.165) is 58.2 Å². The fourth-order valence-electron chi connectivity index (χ4n) is 1.90. The van der Waals surface area contributed by atoms with Gasteiger partial charge in [-0.2, -0.15) is 0 Å². The number of rotatable bonds is 11. The average molecular weight is 309 g/mol. The van der Waals surface area contributed by atoms with E-state index >= 15 is 0 Å². The van der Waals surface area contributed by atoms with Crippen molar-refractivity contribution in [3.63, 3.8) is 0 Å². The lowest BCUT2D eigenvalue weighted by molar-refractivity contribution is 0.108. The third-order valence-corrected chi connectivity index (χ3v) is 2.96. The molecule has 0 spiro atoms. The molecule has 1 aromatic heterocycles. The Kier molecular flexibility index (Phi) is 10.1. The SMILES string of the molecule is CCNC(=NCCCn1ccnc1)NCCCOCC(C)C. The number of guanidine groups is 1. The summed E-state index contributed by atoms with van der Waals surface area (Å²) in [7, 11) is 0. The first-order valence-corrected chi connectivity index (χ1v) is 8.28. The zero-order chi connectivity index (χ0) is 16.0. The van der Waals surface area contributed by atoms with Crippen LogP contribution in [0.5, 0.6) is 0 Å². The Morgan fingerprint density at radius 3 is 2.86 bits per heavy atom. The molecule has 0 aliphatic heterocycles. The maximum Gasteiger partial charge on any atom is 0.191 e. The fourth-order valence-corrected chi connectivity index (χ4v) is 1.90. The van der Waals surface area contributed by atoms with Gasteiger partial charge in [0.05, 0.1) is 6.33 Å². The van der Waals surface area contributed by atoms with Crippen molar-refractivity contribution < 1.29 is 4.74 Å². The van der Waals surface area contributed by atoms with Gasteiger partial charge < -0.3 is 19.9 Å². The molecule has 1 aromatic rings. The van der Waals surface area contributed by atoms with Crippen molar-refractivity contribution in [1.82, 2.24) is 20.2 Å². The highest BCUT2D eigenvalue weighted by atomic mass is 16.5. The Labute approximate surface area is 134 Å². The molecular formula is C16H31N5O. The highest BCUT2D eigenvalue weighted by molar-refractivity contribution is 5.79. The van der Waals surface area contributed by atoms with Gasteiger partial charge >= 0.3 is 0 Å². The minimum atomic E-state index is 0.599. The minimum absolute atomic E-state index is 0.599. The molecule has 0 aromatic carbocycles. The van der Waals surface area contributed by atoms with E-state index in [9.17, 15) is 0 Å². The number of hydrogen-bond acceptors (Lipinski definition) is 3.